The highest BCUT2D eigenvalue weighted by molar-refractivity contribution is 7.93. The fraction of sp³-hybridized carbons (Fsp3) is 0.269. The SMILES string of the molecule is CCn1cc(CC(C(=O)NS(=O)(=O)C=Cc2ccccc2)C(=O)N(c2ccc(F)cc2)C(C)C)cn1. The summed E-state index contributed by atoms with van der Waals surface area (Å²) >= 11 is 0. The van der Waals surface area contributed by atoms with Gasteiger partial charge in [0, 0.05) is 24.5 Å². The lowest BCUT2D eigenvalue weighted by Crippen LogP contribution is -2.48. The van der Waals surface area contributed by atoms with Crippen molar-refractivity contribution in [1.82, 2.24) is 14.5 Å². The Morgan fingerprint density at radius 1 is 1.11 bits per heavy atom. The van der Waals surface area contributed by atoms with Gasteiger partial charge in [0.25, 0.3) is 10.0 Å². The highest BCUT2D eigenvalue weighted by Crippen LogP contribution is 2.23. The zero-order valence-electron chi connectivity index (χ0n) is 20.3. The summed E-state index contributed by atoms with van der Waals surface area (Å²) in [6, 6.07) is 13.7. The maximum Gasteiger partial charge on any atom is 0.257 e. The summed E-state index contributed by atoms with van der Waals surface area (Å²) in [7, 11) is -4.19. The second-order valence-corrected chi connectivity index (χ2v) is 10.0. The lowest BCUT2D eigenvalue weighted by molar-refractivity contribution is -0.132. The fourth-order valence-electron chi connectivity index (χ4n) is 3.64. The van der Waals surface area contributed by atoms with E-state index in [4.69, 9.17) is 0 Å². The van der Waals surface area contributed by atoms with E-state index in [1.165, 1.54) is 35.2 Å². The molecule has 3 rings (SSSR count). The van der Waals surface area contributed by atoms with Crippen molar-refractivity contribution in [2.45, 2.75) is 39.8 Å². The number of hydrogen-bond acceptors (Lipinski definition) is 5. The molecule has 8 nitrogen and oxygen atoms in total. The zero-order valence-corrected chi connectivity index (χ0v) is 21.2. The van der Waals surface area contributed by atoms with Crippen LogP contribution in [0.4, 0.5) is 10.1 Å². The van der Waals surface area contributed by atoms with Gasteiger partial charge in [-0.1, -0.05) is 30.3 Å². The van der Waals surface area contributed by atoms with Crippen LogP contribution in [0.15, 0.2) is 72.4 Å². The molecule has 0 radical (unpaired) electrons. The number of carbonyl (C=O) groups is 2. The molecular weight excluding hydrogens is 483 g/mol. The normalized spacial score (nSPS) is 12.6. The Kier molecular flexibility index (Phi) is 8.76. The molecule has 0 saturated heterocycles. The van der Waals surface area contributed by atoms with E-state index in [0.29, 0.717) is 23.4 Å². The average molecular weight is 513 g/mol. The number of aryl methyl sites for hydroxylation is 1. The van der Waals surface area contributed by atoms with Crippen molar-refractivity contribution in [2.24, 2.45) is 5.92 Å². The van der Waals surface area contributed by atoms with E-state index in [1.54, 1.807) is 61.3 Å². The van der Waals surface area contributed by atoms with Crippen molar-refractivity contribution in [3.63, 3.8) is 0 Å². The lowest BCUT2D eigenvalue weighted by Gasteiger charge is -2.30. The quantitative estimate of drug-likeness (QED) is 0.417. The van der Waals surface area contributed by atoms with Gasteiger partial charge in [0.2, 0.25) is 11.8 Å². The van der Waals surface area contributed by atoms with Crippen molar-refractivity contribution in [3.05, 3.63) is 89.3 Å². The number of aromatic nitrogens is 2. The van der Waals surface area contributed by atoms with Gasteiger partial charge in [-0.2, -0.15) is 5.10 Å². The smallest absolute Gasteiger partial charge is 0.257 e. The largest absolute Gasteiger partial charge is 0.309 e. The minimum Gasteiger partial charge on any atom is -0.309 e. The van der Waals surface area contributed by atoms with Crippen molar-refractivity contribution < 1.29 is 22.4 Å². The Labute approximate surface area is 210 Å². The van der Waals surface area contributed by atoms with Crippen LogP contribution >= 0.6 is 0 Å². The van der Waals surface area contributed by atoms with Crippen LogP contribution < -0.4 is 9.62 Å². The Morgan fingerprint density at radius 2 is 1.78 bits per heavy atom. The summed E-state index contributed by atoms with van der Waals surface area (Å²) in [5, 5.41) is 5.07. The molecule has 1 atom stereocenters. The van der Waals surface area contributed by atoms with Gasteiger partial charge in [0.05, 0.1) is 11.6 Å². The fourth-order valence-corrected chi connectivity index (χ4v) is 4.47. The molecule has 0 aliphatic rings. The molecule has 1 heterocycles. The van der Waals surface area contributed by atoms with E-state index < -0.39 is 33.6 Å². The van der Waals surface area contributed by atoms with Crippen LogP contribution in [0.2, 0.25) is 0 Å². The van der Waals surface area contributed by atoms with Crippen LogP contribution in [0.5, 0.6) is 0 Å². The molecular formula is C26H29FN4O4S. The van der Waals surface area contributed by atoms with Crippen LogP contribution in [0.3, 0.4) is 0 Å². The Morgan fingerprint density at radius 3 is 2.36 bits per heavy atom. The minimum atomic E-state index is -4.19. The number of nitrogens with zero attached hydrogens (tertiary/aromatic N) is 3. The molecule has 36 heavy (non-hydrogen) atoms. The summed E-state index contributed by atoms with van der Waals surface area (Å²) < 4.78 is 42.5. The van der Waals surface area contributed by atoms with E-state index >= 15 is 0 Å². The van der Waals surface area contributed by atoms with E-state index in [2.05, 4.69) is 5.10 Å². The van der Waals surface area contributed by atoms with E-state index in [9.17, 15) is 22.4 Å². The predicted molar refractivity (Wildman–Crippen MR) is 137 cm³/mol. The van der Waals surface area contributed by atoms with Gasteiger partial charge in [0.1, 0.15) is 11.7 Å². The number of rotatable bonds is 10. The molecule has 10 heteroatoms. The van der Waals surface area contributed by atoms with Gasteiger partial charge in [-0.3, -0.25) is 14.3 Å². The van der Waals surface area contributed by atoms with Crippen molar-refractivity contribution >= 4 is 33.6 Å². The number of sulfonamides is 1. The first-order valence-electron chi connectivity index (χ1n) is 11.5. The van der Waals surface area contributed by atoms with Gasteiger partial charge in [0.15, 0.2) is 0 Å². The third-order valence-corrected chi connectivity index (χ3v) is 6.39. The van der Waals surface area contributed by atoms with E-state index in [1.807, 2.05) is 11.6 Å². The first-order chi connectivity index (χ1) is 17.1. The molecule has 0 aliphatic carbocycles. The lowest BCUT2D eigenvalue weighted by atomic mass is 9.98. The Bertz CT molecular complexity index is 1320. The maximum atomic E-state index is 13.7. The Hall–Kier alpha value is -3.79. The molecule has 1 N–H and O–H groups in total. The molecule has 0 aliphatic heterocycles. The van der Waals surface area contributed by atoms with Crippen LogP contribution in [0.25, 0.3) is 6.08 Å². The maximum absolute atomic E-state index is 13.7. The van der Waals surface area contributed by atoms with E-state index in [0.717, 1.165) is 5.41 Å². The summed E-state index contributed by atoms with van der Waals surface area (Å²) in [6.45, 7) is 6.00. The highest BCUT2D eigenvalue weighted by atomic mass is 32.2. The third kappa shape index (κ3) is 7.11. The number of hydrogen-bond donors (Lipinski definition) is 1. The number of halogens is 1. The number of nitrogens with one attached hydrogen (secondary N) is 1. The molecule has 0 saturated carbocycles. The van der Waals surface area contributed by atoms with Gasteiger partial charge in [-0.25, -0.2) is 17.5 Å². The van der Waals surface area contributed by atoms with Crippen molar-refractivity contribution in [2.75, 3.05) is 4.90 Å². The second kappa shape index (κ2) is 11.8. The predicted octanol–water partition coefficient (Wildman–Crippen LogP) is 3.76. The molecule has 3 aromatic rings. The molecule has 190 valence electrons. The molecule has 0 spiro atoms. The number of anilines is 1. The summed E-state index contributed by atoms with van der Waals surface area (Å²) in [5.41, 5.74) is 1.63. The van der Waals surface area contributed by atoms with Crippen LogP contribution in [-0.4, -0.2) is 36.1 Å². The number of amides is 2. The van der Waals surface area contributed by atoms with Gasteiger partial charge in [-0.05, 0) is 68.7 Å². The monoisotopic (exact) mass is 512 g/mol. The Balaban J connectivity index is 1.91. The van der Waals surface area contributed by atoms with Crippen LogP contribution in [0.1, 0.15) is 31.9 Å². The molecule has 2 amide bonds. The topological polar surface area (TPSA) is 101 Å². The van der Waals surface area contributed by atoms with Gasteiger partial charge in [-0.15, -0.1) is 0 Å². The molecule has 0 bridgehead atoms. The third-order valence-electron chi connectivity index (χ3n) is 5.41. The average Bonchev–Trinajstić information content (AvgIpc) is 3.30. The minimum absolute atomic E-state index is 0.0625. The number of carbonyl (C=O) groups excluding carboxylic acids is 2. The highest BCUT2D eigenvalue weighted by Gasteiger charge is 2.35. The molecule has 1 unspecified atom stereocenters. The number of benzene rings is 2. The molecule has 2 aromatic carbocycles. The van der Waals surface area contributed by atoms with Crippen LogP contribution in [0, 0.1) is 11.7 Å². The van der Waals surface area contributed by atoms with Gasteiger partial charge >= 0.3 is 0 Å². The second-order valence-electron chi connectivity index (χ2n) is 8.46. The van der Waals surface area contributed by atoms with Crippen molar-refractivity contribution in [1.29, 1.82) is 0 Å². The summed E-state index contributed by atoms with van der Waals surface area (Å²) in [4.78, 5) is 28.3. The molecule has 1 aromatic heterocycles. The first-order valence-corrected chi connectivity index (χ1v) is 13.0. The zero-order chi connectivity index (χ0) is 26.3. The van der Waals surface area contributed by atoms with Gasteiger partial charge < -0.3 is 4.90 Å². The standard InChI is InChI=1S/C26H29FN4O4S/c1-4-30-18-21(17-28-30)16-24(26(33)31(19(2)3)23-12-10-22(27)11-13-23)25(32)29-36(34,35)15-14-20-8-6-5-7-9-20/h5-15,17-19,24H,4,16H2,1-3H3,(H,29,32). The summed E-state index contributed by atoms with van der Waals surface area (Å²) in [6.07, 6.45) is 4.54. The van der Waals surface area contributed by atoms with Crippen LogP contribution in [-0.2, 0) is 32.6 Å². The van der Waals surface area contributed by atoms with E-state index in [-0.39, 0.29) is 12.5 Å². The van der Waals surface area contributed by atoms with Crippen molar-refractivity contribution in [3.8, 4) is 0 Å². The summed E-state index contributed by atoms with van der Waals surface area (Å²) in [5.74, 6) is -3.41. The molecule has 0 fully saturated rings. The first kappa shape index (κ1) is 26.8.